The van der Waals surface area contributed by atoms with Gasteiger partial charge in [0.05, 0.1) is 38.0 Å². The van der Waals surface area contributed by atoms with Crippen molar-refractivity contribution in [3.63, 3.8) is 0 Å². The summed E-state index contributed by atoms with van der Waals surface area (Å²) in [5.74, 6) is 1.52. The molecule has 6 nitrogen and oxygen atoms in total. The number of hydrogen-bond acceptors (Lipinski definition) is 4. The number of methoxy groups -OCH3 is 2. The first-order valence-corrected chi connectivity index (χ1v) is 9.01. The summed E-state index contributed by atoms with van der Waals surface area (Å²) in [6, 6.07) is 15.0. The van der Waals surface area contributed by atoms with Crippen molar-refractivity contribution in [3.8, 4) is 17.6 Å². The molecule has 1 saturated heterocycles. The number of nitriles is 1. The average Bonchev–Trinajstić information content (AvgIpc) is 3.15. The van der Waals surface area contributed by atoms with Crippen LogP contribution in [0.1, 0.15) is 30.0 Å². The zero-order valence-corrected chi connectivity index (χ0v) is 15.6. The standard InChI is InChI=1S/C21H23N3O3/c1-26-17-9-10-18(20(12-17)27-2)19-4-3-11-24(19)14-21(25)23-16-7-5-15(13-22)6-8-16/h5-10,12,19H,3-4,11,14H2,1-2H3,(H,23,25)/p+1/t19-/m1/s1. The van der Waals surface area contributed by atoms with E-state index in [-0.39, 0.29) is 11.9 Å². The molecule has 2 atom stereocenters. The van der Waals surface area contributed by atoms with Gasteiger partial charge in [0.2, 0.25) is 0 Å². The van der Waals surface area contributed by atoms with E-state index in [1.807, 2.05) is 18.2 Å². The van der Waals surface area contributed by atoms with Crippen molar-refractivity contribution < 1.29 is 19.2 Å². The predicted octanol–water partition coefficient (Wildman–Crippen LogP) is 1.93. The third-order valence-corrected chi connectivity index (χ3v) is 4.98. The van der Waals surface area contributed by atoms with Crippen molar-refractivity contribution in [2.45, 2.75) is 18.9 Å². The van der Waals surface area contributed by atoms with E-state index in [1.54, 1.807) is 38.5 Å². The molecule has 1 aliphatic rings. The Balaban J connectivity index is 1.69. The van der Waals surface area contributed by atoms with Gasteiger partial charge in [0.1, 0.15) is 17.5 Å². The average molecular weight is 366 g/mol. The van der Waals surface area contributed by atoms with Crippen LogP contribution in [0, 0.1) is 11.3 Å². The van der Waals surface area contributed by atoms with Gasteiger partial charge in [-0.2, -0.15) is 5.26 Å². The lowest BCUT2D eigenvalue weighted by Crippen LogP contribution is -3.11. The molecule has 2 aromatic rings. The molecule has 0 bridgehead atoms. The predicted molar refractivity (Wildman–Crippen MR) is 102 cm³/mol. The number of carbonyl (C=O) groups is 1. The maximum absolute atomic E-state index is 12.5. The molecule has 2 N–H and O–H groups in total. The molecule has 3 rings (SSSR count). The summed E-state index contributed by atoms with van der Waals surface area (Å²) >= 11 is 0. The Bertz CT molecular complexity index is 843. The summed E-state index contributed by atoms with van der Waals surface area (Å²) < 4.78 is 10.8. The number of benzene rings is 2. The normalized spacial score (nSPS) is 18.6. The lowest BCUT2D eigenvalue weighted by atomic mass is 10.0. The van der Waals surface area contributed by atoms with Crippen LogP contribution in [-0.4, -0.2) is 33.2 Å². The summed E-state index contributed by atoms with van der Waals surface area (Å²) in [5, 5.41) is 11.8. The molecule has 1 unspecified atom stereocenters. The van der Waals surface area contributed by atoms with Crippen LogP contribution < -0.4 is 19.7 Å². The third-order valence-electron chi connectivity index (χ3n) is 4.98. The monoisotopic (exact) mass is 366 g/mol. The van der Waals surface area contributed by atoms with Crippen molar-refractivity contribution >= 4 is 11.6 Å². The number of rotatable bonds is 6. The Hall–Kier alpha value is -3.04. The first-order chi connectivity index (χ1) is 13.1. The van der Waals surface area contributed by atoms with Crippen LogP contribution in [-0.2, 0) is 4.79 Å². The van der Waals surface area contributed by atoms with E-state index in [0.717, 1.165) is 36.4 Å². The van der Waals surface area contributed by atoms with Gasteiger partial charge in [0, 0.05) is 24.6 Å². The van der Waals surface area contributed by atoms with Crippen molar-refractivity contribution in [3.05, 3.63) is 53.6 Å². The fourth-order valence-electron chi connectivity index (χ4n) is 3.64. The molecular weight excluding hydrogens is 342 g/mol. The maximum Gasteiger partial charge on any atom is 0.279 e. The molecule has 1 fully saturated rings. The highest BCUT2D eigenvalue weighted by atomic mass is 16.5. The second kappa shape index (κ2) is 8.56. The minimum Gasteiger partial charge on any atom is -0.497 e. The van der Waals surface area contributed by atoms with Gasteiger partial charge in [0.25, 0.3) is 5.91 Å². The molecule has 0 aromatic heterocycles. The zero-order valence-electron chi connectivity index (χ0n) is 15.6. The Morgan fingerprint density at radius 1 is 1.22 bits per heavy atom. The van der Waals surface area contributed by atoms with Crippen LogP contribution in [0.15, 0.2) is 42.5 Å². The number of likely N-dealkylation sites (tertiary alicyclic amines) is 1. The van der Waals surface area contributed by atoms with Gasteiger partial charge in [-0.15, -0.1) is 0 Å². The zero-order chi connectivity index (χ0) is 19.2. The van der Waals surface area contributed by atoms with Crippen LogP contribution in [0.3, 0.4) is 0 Å². The van der Waals surface area contributed by atoms with Crippen LogP contribution in [0.4, 0.5) is 5.69 Å². The quantitative estimate of drug-likeness (QED) is 0.819. The van der Waals surface area contributed by atoms with Gasteiger partial charge in [-0.3, -0.25) is 4.79 Å². The van der Waals surface area contributed by atoms with E-state index >= 15 is 0 Å². The van der Waals surface area contributed by atoms with Crippen LogP contribution >= 0.6 is 0 Å². The number of amides is 1. The Labute approximate surface area is 159 Å². The van der Waals surface area contributed by atoms with Crippen molar-refractivity contribution in [1.82, 2.24) is 0 Å². The fourth-order valence-corrected chi connectivity index (χ4v) is 3.64. The molecule has 1 amide bonds. The van der Waals surface area contributed by atoms with E-state index in [1.165, 1.54) is 4.90 Å². The number of ether oxygens (including phenoxy) is 2. The molecule has 140 valence electrons. The number of nitrogens with one attached hydrogen (secondary N) is 2. The highest BCUT2D eigenvalue weighted by molar-refractivity contribution is 5.91. The Kier molecular flexibility index (Phi) is 5.94. The highest BCUT2D eigenvalue weighted by Gasteiger charge is 2.33. The van der Waals surface area contributed by atoms with Crippen LogP contribution in [0.2, 0.25) is 0 Å². The smallest absolute Gasteiger partial charge is 0.279 e. The molecule has 6 heteroatoms. The minimum absolute atomic E-state index is 0.0333. The largest absolute Gasteiger partial charge is 0.497 e. The van der Waals surface area contributed by atoms with Gasteiger partial charge in [-0.1, -0.05) is 0 Å². The molecule has 1 aliphatic heterocycles. The number of anilines is 1. The Morgan fingerprint density at radius 3 is 2.67 bits per heavy atom. The highest BCUT2D eigenvalue weighted by Crippen LogP contribution is 2.31. The minimum atomic E-state index is -0.0333. The summed E-state index contributed by atoms with van der Waals surface area (Å²) in [4.78, 5) is 13.7. The van der Waals surface area contributed by atoms with Gasteiger partial charge < -0.3 is 19.7 Å². The van der Waals surface area contributed by atoms with E-state index in [9.17, 15) is 4.79 Å². The maximum atomic E-state index is 12.5. The van der Waals surface area contributed by atoms with Gasteiger partial charge >= 0.3 is 0 Å². The molecule has 27 heavy (non-hydrogen) atoms. The van der Waals surface area contributed by atoms with E-state index in [0.29, 0.717) is 17.8 Å². The first-order valence-electron chi connectivity index (χ1n) is 9.01. The van der Waals surface area contributed by atoms with Gasteiger partial charge in [-0.25, -0.2) is 0 Å². The molecule has 1 heterocycles. The van der Waals surface area contributed by atoms with E-state index in [2.05, 4.69) is 11.4 Å². The number of nitrogens with zero attached hydrogens (tertiary/aromatic N) is 1. The first kappa shape index (κ1) is 18.7. The van der Waals surface area contributed by atoms with Crippen molar-refractivity contribution in [2.75, 3.05) is 32.6 Å². The molecular formula is C21H24N3O3+. The van der Waals surface area contributed by atoms with Gasteiger partial charge in [0.15, 0.2) is 6.54 Å². The molecule has 2 aromatic carbocycles. The number of carbonyl (C=O) groups excluding carboxylic acids is 1. The topological polar surface area (TPSA) is 75.8 Å². The lowest BCUT2D eigenvalue weighted by Gasteiger charge is -2.23. The van der Waals surface area contributed by atoms with Crippen LogP contribution in [0.5, 0.6) is 11.5 Å². The molecule has 0 radical (unpaired) electrons. The SMILES string of the molecule is COc1ccc([C@H]2CCC[NH+]2CC(=O)Nc2ccc(C#N)cc2)c(OC)c1. The number of hydrogen-bond donors (Lipinski definition) is 2. The molecule has 0 aliphatic carbocycles. The summed E-state index contributed by atoms with van der Waals surface area (Å²) in [5.41, 5.74) is 2.39. The Morgan fingerprint density at radius 2 is 2.00 bits per heavy atom. The summed E-state index contributed by atoms with van der Waals surface area (Å²) in [7, 11) is 3.29. The molecule has 0 spiro atoms. The fraction of sp³-hybridized carbons (Fsp3) is 0.333. The van der Waals surface area contributed by atoms with E-state index in [4.69, 9.17) is 14.7 Å². The second-order valence-corrected chi connectivity index (χ2v) is 6.63. The van der Waals surface area contributed by atoms with Crippen molar-refractivity contribution in [2.24, 2.45) is 0 Å². The van der Waals surface area contributed by atoms with Crippen LogP contribution in [0.25, 0.3) is 0 Å². The third kappa shape index (κ3) is 4.39. The van der Waals surface area contributed by atoms with Crippen molar-refractivity contribution in [1.29, 1.82) is 5.26 Å². The lowest BCUT2D eigenvalue weighted by molar-refractivity contribution is -0.910. The van der Waals surface area contributed by atoms with E-state index < -0.39 is 0 Å². The summed E-state index contributed by atoms with van der Waals surface area (Å²) in [6.07, 6.45) is 2.08. The number of quaternary nitrogens is 1. The molecule has 0 saturated carbocycles. The summed E-state index contributed by atoms with van der Waals surface area (Å²) in [6.45, 7) is 1.33. The second-order valence-electron chi connectivity index (χ2n) is 6.63. The van der Waals surface area contributed by atoms with Gasteiger partial charge in [-0.05, 0) is 36.4 Å².